The summed E-state index contributed by atoms with van der Waals surface area (Å²) in [6.45, 7) is 2.02. The smallest absolute Gasteiger partial charge is 0.0770 e. The summed E-state index contributed by atoms with van der Waals surface area (Å²) in [5, 5.41) is 17.2. The first-order valence-electron chi connectivity index (χ1n) is 3.60. The topological polar surface area (TPSA) is 72.0 Å². The SMILES string of the molecule is CCCCCC(O)CO.O. The third kappa shape index (κ3) is 7.88. The summed E-state index contributed by atoms with van der Waals surface area (Å²) in [6, 6.07) is 0. The number of hydrogen-bond acceptors (Lipinski definition) is 2. The van der Waals surface area contributed by atoms with Gasteiger partial charge in [0, 0.05) is 0 Å². The molecule has 4 N–H and O–H groups in total. The Hall–Kier alpha value is -0.120. The van der Waals surface area contributed by atoms with Crippen molar-refractivity contribution >= 4 is 0 Å². The lowest BCUT2D eigenvalue weighted by molar-refractivity contribution is 0.0861. The minimum Gasteiger partial charge on any atom is -0.412 e. The van der Waals surface area contributed by atoms with Crippen LogP contribution in [0.1, 0.15) is 32.6 Å². The molecule has 0 aromatic heterocycles. The molecule has 10 heavy (non-hydrogen) atoms. The molecule has 0 amide bonds. The lowest BCUT2D eigenvalue weighted by atomic mass is 10.1. The van der Waals surface area contributed by atoms with Crippen LogP contribution >= 0.6 is 0 Å². The Morgan fingerprint density at radius 1 is 1.30 bits per heavy atom. The van der Waals surface area contributed by atoms with Gasteiger partial charge in [-0.25, -0.2) is 0 Å². The van der Waals surface area contributed by atoms with Crippen LogP contribution in [-0.4, -0.2) is 28.4 Å². The molecule has 1 unspecified atom stereocenters. The molecule has 0 bridgehead atoms. The highest BCUT2D eigenvalue weighted by molar-refractivity contribution is 4.51. The lowest BCUT2D eigenvalue weighted by Crippen LogP contribution is -2.10. The second-order valence-corrected chi connectivity index (χ2v) is 2.33. The van der Waals surface area contributed by atoms with Gasteiger partial charge in [0.05, 0.1) is 12.7 Å². The van der Waals surface area contributed by atoms with Crippen molar-refractivity contribution in [2.45, 2.75) is 38.7 Å². The average Bonchev–Trinajstić information content (AvgIpc) is 1.89. The fraction of sp³-hybridized carbons (Fsp3) is 1.00. The molecule has 0 rings (SSSR count). The van der Waals surface area contributed by atoms with Gasteiger partial charge in [0.15, 0.2) is 0 Å². The summed E-state index contributed by atoms with van der Waals surface area (Å²) in [7, 11) is 0. The van der Waals surface area contributed by atoms with Crippen molar-refractivity contribution in [2.75, 3.05) is 6.61 Å². The van der Waals surface area contributed by atoms with Gasteiger partial charge in [0.25, 0.3) is 0 Å². The summed E-state index contributed by atoms with van der Waals surface area (Å²) in [6.07, 6.45) is 3.59. The zero-order chi connectivity index (χ0) is 7.11. The minimum absolute atomic E-state index is 0. The second-order valence-electron chi connectivity index (χ2n) is 2.33. The first-order chi connectivity index (χ1) is 4.31. The second kappa shape index (κ2) is 8.88. The van der Waals surface area contributed by atoms with Crippen LogP contribution in [0, 0.1) is 0 Å². The molecule has 0 spiro atoms. The fourth-order valence-electron chi connectivity index (χ4n) is 0.721. The van der Waals surface area contributed by atoms with Gasteiger partial charge in [0.2, 0.25) is 0 Å². The molecule has 0 aliphatic rings. The zero-order valence-electron chi connectivity index (χ0n) is 6.51. The summed E-state index contributed by atoms with van der Waals surface area (Å²) in [4.78, 5) is 0. The van der Waals surface area contributed by atoms with Crippen LogP contribution in [-0.2, 0) is 0 Å². The molecule has 3 heteroatoms. The molecule has 1 atom stereocenters. The van der Waals surface area contributed by atoms with E-state index in [1.807, 2.05) is 0 Å². The number of unbranched alkanes of at least 4 members (excludes halogenated alkanes) is 2. The normalized spacial score (nSPS) is 12.3. The molecule has 0 aromatic carbocycles. The van der Waals surface area contributed by atoms with E-state index >= 15 is 0 Å². The Labute approximate surface area is 62.0 Å². The predicted molar refractivity (Wildman–Crippen MR) is 40.8 cm³/mol. The predicted octanol–water partition coefficient (Wildman–Crippen LogP) is 0.0952. The highest BCUT2D eigenvalue weighted by Gasteiger charge is 1.98. The van der Waals surface area contributed by atoms with E-state index in [-0.39, 0.29) is 12.1 Å². The van der Waals surface area contributed by atoms with Crippen LogP contribution < -0.4 is 0 Å². The van der Waals surface area contributed by atoms with E-state index in [0.29, 0.717) is 0 Å². The highest BCUT2D eigenvalue weighted by Crippen LogP contribution is 2.01. The van der Waals surface area contributed by atoms with Gasteiger partial charge in [-0.2, -0.15) is 0 Å². The lowest BCUT2D eigenvalue weighted by Gasteiger charge is -2.04. The van der Waals surface area contributed by atoms with Gasteiger partial charge in [0.1, 0.15) is 0 Å². The minimum atomic E-state index is -0.489. The first kappa shape index (κ1) is 12.5. The van der Waals surface area contributed by atoms with Gasteiger partial charge in [-0.05, 0) is 6.42 Å². The van der Waals surface area contributed by atoms with Gasteiger partial charge < -0.3 is 15.7 Å². The van der Waals surface area contributed by atoms with Crippen molar-refractivity contribution in [3.63, 3.8) is 0 Å². The molecule has 0 aromatic rings. The number of rotatable bonds is 5. The van der Waals surface area contributed by atoms with E-state index in [9.17, 15) is 0 Å². The molecule has 0 fully saturated rings. The van der Waals surface area contributed by atoms with Crippen LogP contribution in [0.3, 0.4) is 0 Å². The van der Waals surface area contributed by atoms with Crippen LogP contribution in [0.5, 0.6) is 0 Å². The number of hydrogen-bond donors (Lipinski definition) is 2. The zero-order valence-corrected chi connectivity index (χ0v) is 6.51. The van der Waals surface area contributed by atoms with E-state index in [2.05, 4.69) is 6.92 Å². The Balaban J connectivity index is 0. The largest absolute Gasteiger partial charge is 0.412 e. The summed E-state index contributed by atoms with van der Waals surface area (Å²) in [5.41, 5.74) is 0. The summed E-state index contributed by atoms with van der Waals surface area (Å²) >= 11 is 0. The first-order valence-corrected chi connectivity index (χ1v) is 3.60. The Bertz CT molecular complexity index is 56.8. The molecule has 0 saturated heterocycles. The van der Waals surface area contributed by atoms with E-state index in [1.54, 1.807) is 0 Å². The van der Waals surface area contributed by atoms with E-state index in [1.165, 1.54) is 0 Å². The van der Waals surface area contributed by atoms with Gasteiger partial charge in [-0.3, -0.25) is 0 Å². The summed E-state index contributed by atoms with van der Waals surface area (Å²) in [5.74, 6) is 0. The van der Waals surface area contributed by atoms with Gasteiger partial charge in [-0.1, -0.05) is 26.2 Å². The molecule has 0 aliphatic carbocycles. The standard InChI is InChI=1S/C7H16O2.H2O/c1-2-3-4-5-7(9)6-8;/h7-9H,2-6H2,1H3;1H2. The molecule has 3 nitrogen and oxygen atoms in total. The van der Waals surface area contributed by atoms with Crippen LogP contribution in [0.4, 0.5) is 0 Å². The summed E-state index contributed by atoms with van der Waals surface area (Å²) < 4.78 is 0. The van der Waals surface area contributed by atoms with Gasteiger partial charge >= 0.3 is 0 Å². The monoisotopic (exact) mass is 150 g/mol. The highest BCUT2D eigenvalue weighted by atomic mass is 16.3. The Morgan fingerprint density at radius 2 is 1.90 bits per heavy atom. The van der Waals surface area contributed by atoms with Crippen molar-refractivity contribution in [3.05, 3.63) is 0 Å². The maximum Gasteiger partial charge on any atom is 0.0770 e. The van der Waals surface area contributed by atoms with E-state index in [4.69, 9.17) is 10.2 Å². The maximum atomic E-state index is 8.83. The number of aliphatic hydroxyl groups is 2. The molecular formula is C7H18O3. The van der Waals surface area contributed by atoms with Gasteiger partial charge in [-0.15, -0.1) is 0 Å². The average molecular weight is 150 g/mol. The molecule has 0 heterocycles. The van der Waals surface area contributed by atoms with Crippen LogP contribution in [0.2, 0.25) is 0 Å². The van der Waals surface area contributed by atoms with E-state index < -0.39 is 6.10 Å². The molecule has 64 valence electrons. The van der Waals surface area contributed by atoms with Crippen molar-refractivity contribution < 1.29 is 15.7 Å². The van der Waals surface area contributed by atoms with Crippen molar-refractivity contribution in [1.29, 1.82) is 0 Å². The van der Waals surface area contributed by atoms with Crippen molar-refractivity contribution in [1.82, 2.24) is 0 Å². The van der Waals surface area contributed by atoms with Crippen molar-refractivity contribution in [2.24, 2.45) is 0 Å². The Kier molecular flexibility index (Phi) is 11.1. The quantitative estimate of drug-likeness (QED) is 0.545. The third-order valence-corrected chi connectivity index (χ3v) is 1.35. The number of aliphatic hydroxyl groups excluding tert-OH is 2. The van der Waals surface area contributed by atoms with Crippen molar-refractivity contribution in [3.8, 4) is 0 Å². The fourth-order valence-corrected chi connectivity index (χ4v) is 0.721. The molecular weight excluding hydrogens is 132 g/mol. The third-order valence-electron chi connectivity index (χ3n) is 1.35. The van der Waals surface area contributed by atoms with E-state index in [0.717, 1.165) is 25.7 Å². The van der Waals surface area contributed by atoms with Crippen LogP contribution in [0.15, 0.2) is 0 Å². The molecule has 0 radical (unpaired) electrons. The van der Waals surface area contributed by atoms with Crippen LogP contribution in [0.25, 0.3) is 0 Å². The Morgan fingerprint density at radius 3 is 2.30 bits per heavy atom. The maximum absolute atomic E-state index is 8.83. The molecule has 0 saturated carbocycles. The molecule has 0 aliphatic heterocycles.